The molecule has 1 heterocycles. The topological polar surface area (TPSA) is 12.9 Å². The fourth-order valence-corrected chi connectivity index (χ4v) is 7.67. The minimum Gasteiger partial charge on any atom is -0.247 e. The highest BCUT2D eigenvalue weighted by molar-refractivity contribution is 7.79. The summed E-state index contributed by atoms with van der Waals surface area (Å²) >= 11 is 0. The van der Waals surface area contributed by atoms with Gasteiger partial charge in [0.15, 0.2) is 0 Å². The summed E-state index contributed by atoms with van der Waals surface area (Å²) in [5.41, 5.74) is 3.22. The van der Waals surface area contributed by atoms with Crippen molar-refractivity contribution >= 4 is 56.3 Å². The minimum absolute atomic E-state index is 0.686. The normalized spacial score (nSPS) is 11.5. The van der Waals surface area contributed by atoms with E-state index in [-0.39, 0.29) is 0 Å². The molecule has 6 aromatic carbocycles. The van der Waals surface area contributed by atoms with Crippen molar-refractivity contribution in [3.8, 4) is 11.3 Å². The molecule has 0 saturated heterocycles. The van der Waals surface area contributed by atoms with Crippen LogP contribution in [-0.4, -0.2) is 4.98 Å². The Bertz CT molecular complexity index is 1820. The molecule has 0 N–H and O–H groups in total. The Morgan fingerprint density at radius 1 is 0.432 bits per heavy atom. The molecule has 174 valence electrons. The molecule has 0 bridgehead atoms. The van der Waals surface area contributed by atoms with Gasteiger partial charge in [-0.1, -0.05) is 133 Å². The van der Waals surface area contributed by atoms with E-state index in [2.05, 4.69) is 146 Å². The maximum Gasteiger partial charge on any atom is 0.0788 e. The van der Waals surface area contributed by atoms with E-state index in [0.29, 0.717) is 0 Å². The van der Waals surface area contributed by atoms with Crippen LogP contribution in [-0.2, 0) is 0 Å². The lowest BCUT2D eigenvalue weighted by Crippen LogP contribution is -2.20. The summed E-state index contributed by atoms with van der Waals surface area (Å²) < 4.78 is 0. The molecule has 0 aliphatic heterocycles. The Morgan fingerprint density at radius 3 is 1.81 bits per heavy atom. The van der Waals surface area contributed by atoms with Crippen LogP contribution in [0.4, 0.5) is 0 Å². The van der Waals surface area contributed by atoms with Crippen LogP contribution in [0.25, 0.3) is 43.7 Å². The van der Waals surface area contributed by atoms with Crippen LogP contribution in [0.3, 0.4) is 0 Å². The maximum atomic E-state index is 5.23. The third kappa shape index (κ3) is 3.89. The summed E-state index contributed by atoms with van der Waals surface area (Å²) in [4.78, 5) is 5.23. The van der Waals surface area contributed by atoms with E-state index in [1.54, 1.807) is 0 Å². The lowest BCUT2D eigenvalue weighted by Gasteiger charge is -2.20. The van der Waals surface area contributed by atoms with Gasteiger partial charge in [0.25, 0.3) is 0 Å². The van der Waals surface area contributed by atoms with Crippen molar-refractivity contribution in [2.75, 3.05) is 0 Å². The summed E-state index contributed by atoms with van der Waals surface area (Å²) in [6.45, 7) is 0. The average Bonchev–Trinajstić information content (AvgIpc) is 2.98. The average molecular weight is 490 g/mol. The fourth-order valence-electron chi connectivity index (χ4n) is 5.34. The Balaban J connectivity index is 1.49. The SMILES string of the molecule is c1ccc(P(c2ccccc2)c2cccc(-c3nc4ccccc4c4c3ccc3ccccc34)c2)cc1. The van der Waals surface area contributed by atoms with Gasteiger partial charge in [0.05, 0.1) is 11.2 Å². The first-order chi connectivity index (χ1) is 18.4. The highest BCUT2D eigenvalue weighted by Crippen LogP contribution is 2.38. The first kappa shape index (κ1) is 21.9. The van der Waals surface area contributed by atoms with E-state index in [1.807, 2.05) is 0 Å². The van der Waals surface area contributed by atoms with Gasteiger partial charge in [-0.15, -0.1) is 0 Å². The molecule has 0 aliphatic rings. The van der Waals surface area contributed by atoms with Crippen LogP contribution in [0.5, 0.6) is 0 Å². The molecule has 37 heavy (non-hydrogen) atoms. The van der Waals surface area contributed by atoms with Gasteiger partial charge in [-0.05, 0) is 46.7 Å². The summed E-state index contributed by atoms with van der Waals surface area (Å²) in [5, 5.41) is 10.2. The smallest absolute Gasteiger partial charge is 0.0788 e. The Hall–Kier alpha value is -4.32. The number of fused-ring (bicyclic) bond motifs is 5. The number of aromatic nitrogens is 1. The van der Waals surface area contributed by atoms with Gasteiger partial charge in [0, 0.05) is 21.7 Å². The monoisotopic (exact) mass is 489 g/mol. The summed E-state index contributed by atoms with van der Waals surface area (Å²) in [5.74, 6) is 0. The molecule has 0 fully saturated rings. The van der Waals surface area contributed by atoms with Crippen molar-refractivity contribution in [2.24, 2.45) is 0 Å². The van der Waals surface area contributed by atoms with E-state index in [0.717, 1.165) is 16.8 Å². The second-order valence-corrected chi connectivity index (χ2v) is 11.5. The van der Waals surface area contributed by atoms with Crippen molar-refractivity contribution in [2.45, 2.75) is 0 Å². The number of nitrogens with zero attached hydrogens (tertiary/aromatic N) is 1. The second kappa shape index (κ2) is 9.28. The predicted molar refractivity (Wildman–Crippen MR) is 161 cm³/mol. The Kier molecular flexibility index (Phi) is 5.50. The van der Waals surface area contributed by atoms with Crippen LogP contribution < -0.4 is 15.9 Å². The van der Waals surface area contributed by atoms with Crippen LogP contribution in [0, 0.1) is 0 Å². The molecule has 0 atom stereocenters. The largest absolute Gasteiger partial charge is 0.247 e. The molecule has 0 spiro atoms. The van der Waals surface area contributed by atoms with Gasteiger partial charge in [-0.3, -0.25) is 0 Å². The molecule has 7 aromatic rings. The first-order valence-electron chi connectivity index (χ1n) is 12.6. The molecule has 0 amide bonds. The molecule has 7 rings (SSSR count). The van der Waals surface area contributed by atoms with E-state index >= 15 is 0 Å². The van der Waals surface area contributed by atoms with Crippen molar-refractivity contribution in [1.29, 1.82) is 0 Å². The Labute approximate surface area is 217 Å². The van der Waals surface area contributed by atoms with Gasteiger partial charge in [-0.25, -0.2) is 4.98 Å². The molecule has 0 saturated carbocycles. The summed E-state index contributed by atoms with van der Waals surface area (Å²) in [6, 6.07) is 52.4. The lowest BCUT2D eigenvalue weighted by atomic mass is 9.95. The van der Waals surface area contributed by atoms with Crippen molar-refractivity contribution < 1.29 is 0 Å². The number of hydrogen-bond acceptors (Lipinski definition) is 1. The number of pyridine rings is 1. The van der Waals surface area contributed by atoms with E-state index in [4.69, 9.17) is 4.98 Å². The highest BCUT2D eigenvalue weighted by Gasteiger charge is 2.18. The molecule has 0 radical (unpaired) electrons. The van der Waals surface area contributed by atoms with Crippen molar-refractivity contribution in [3.05, 3.63) is 146 Å². The van der Waals surface area contributed by atoms with Crippen LogP contribution in [0.15, 0.2) is 146 Å². The number of hydrogen-bond donors (Lipinski definition) is 0. The minimum atomic E-state index is -0.686. The molecular weight excluding hydrogens is 465 g/mol. The second-order valence-electron chi connectivity index (χ2n) is 9.24. The van der Waals surface area contributed by atoms with Gasteiger partial charge in [0.1, 0.15) is 0 Å². The van der Waals surface area contributed by atoms with E-state index in [1.165, 1.54) is 42.8 Å². The van der Waals surface area contributed by atoms with E-state index in [9.17, 15) is 0 Å². The summed E-state index contributed by atoms with van der Waals surface area (Å²) in [7, 11) is -0.686. The maximum absolute atomic E-state index is 5.23. The molecule has 1 nitrogen and oxygen atoms in total. The Morgan fingerprint density at radius 2 is 1.05 bits per heavy atom. The quantitative estimate of drug-likeness (QED) is 0.180. The van der Waals surface area contributed by atoms with Gasteiger partial charge >= 0.3 is 0 Å². The van der Waals surface area contributed by atoms with Crippen molar-refractivity contribution in [3.63, 3.8) is 0 Å². The molecular formula is C35H24NP. The number of benzene rings is 6. The van der Waals surface area contributed by atoms with Crippen molar-refractivity contribution in [1.82, 2.24) is 4.98 Å². The molecule has 1 aromatic heterocycles. The van der Waals surface area contributed by atoms with Crippen LogP contribution in [0.2, 0.25) is 0 Å². The zero-order valence-electron chi connectivity index (χ0n) is 20.3. The number of para-hydroxylation sites is 1. The number of rotatable bonds is 4. The molecule has 2 heteroatoms. The van der Waals surface area contributed by atoms with E-state index < -0.39 is 7.92 Å². The summed E-state index contributed by atoms with van der Waals surface area (Å²) in [6.07, 6.45) is 0. The van der Waals surface area contributed by atoms with Gasteiger partial charge < -0.3 is 0 Å². The van der Waals surface area contributed by atoms with Gasteiger partial charge in [-0.2, -0.15) is 0 Å². The highest BCUT2D eigenvalue weighted by atomic mass is 31.1. The lowest BCUT2D eigenvalue weighted by molar-refractivity contribution is 1.43. The zero-order chi connectivity index (χ0) is 24.6. The predicted octanol–water partition coefficient (Wildman–Crippen LogP) is 7.97. The zero-order valence-corrected chi connectivity index (χ0v) is 21.1. The van der Waals surface area contributed by atoms with Crippen LogP contribution in [0.1, 0.15) is 0 Å². The van der Waals surface area contributed by atoms with Crippen LogP contribution >= 0.6 is 7.92 Å². The third-order valence-electron chi connectivity index (χ3n) is 7.00. The molecule has 0 aliphatic carbocycles. The molecule has 0 unspecified atom stereocenters. The standard InChI is InChI=1S/C35H24NP/c1-3-14-27(15-4-1)37(28-16-5-2-6-17-28)29-18-11-13-26(24-29)35-32-23-22-25-12-7-8-19-30(25)34(32)31-20-9-10-21-33(31)36-35/h1-24H. The first-order valence-corrected chi connectivity index (χ1v) is 13.9. The van der Waals surface area contributed by atoms with Gasteiger partial charge in [0.2, 0.25) is 0 Å². The fraction of sp³-hybridized carbons (Fsp3) is 0. The third-order valence-corrected chi connectivity index (χ3v) is 9.42.